The number of hydrogen-bond acceptors (Lipinski definition) is 4. The molecular formula is C13H13NO3. The molecule has 0 saturated heterocycles. The highest BCUT2D eigenvalue weighted by molar-refractivity contribution is 5.98. The van der Waals surface area contributed by atoms with Crippen molar-refractivity contribution >= 4 is 12.0 Å². The van der Waals surface area contributed by atoms with E-state index in [9.17, 15) is 4.79 Å². The minimum absolute atomic E-state index is 0.0605. The molecule has 0 aliphatic carbocycles. The van der Waals surface area contributed by atoms with Crippen molar-refractivity contribution in [1.29, 1.82) is 5.26 Å². The van der Waals surface area contributed by atoms with Gasteiger partial charge in [-0.05, 0) is 24.6 Å². The number of esters is 1. The molecule has 4 heteroatoms. The number of methoxy groups -OCH3 is 2. The minimum Gasteiger partial charge on any atom is -0.496 e. The molecule has 1 aromatic carbocycles. The summed E-state index contributed by atoms with van der Waals surface area (Å²) in [5, 5.41) is 8.85. The molecule has 1 aromatic rings. The maximum Gasteiger partial charge on any atom is 0.348 e. The maximum absolute atomic E-state index is 11.3. The zero-order valence-electron chi connectivity index (χ0n) is 9.98. The summed E-state index contributed by atoms with van der Waals surface area (Å²) in [4.78, 5) is 11.3. The first-order chi connectivity index (χ1) is 8.12. The van der Waals surface area contributed by atoms with E-state index in [1.165, 1.54) is 20.3 Å². The highest BCUT2D eigenvalue weighted by atomic mass is 16.5. The van der Waals surface area contributed by atoms with Gasteiger partial charge in [0, 0.05) is 5.56 Å². The van der Waals surface area contributed by atoms with Crippen molar-refractivity contribution in [2.24, 2.45) is 0 Å². The third kappa shape index (κ3) is 3.08. The number of hydrogen-bond donors (Lipinski definition) is 0. The molecule has 0 heterocycles. The molecule has 0 atom stereocenters. The van der Waals surface area contributed by atoms with E-state index in [0.29, 0.717) is 11.3 Å². The molecule has 1 rings (SSSR count). The number of nitrogens with zero attached hydrogens (tertiary/aromatic N) is 1. The van der Waals surface area contributed by atoms with Gasteiger partial charge >= 0.3 is 5.97 Å². The van der Waals surface area contributed by atoms with E-state index in [0.717, 1.165) is 5.56 Å². The van der Waals surface area contributed by atoms with Crippen LogP contribution in [0.5, 0.6) is 5.75 Å². The number of carbonyl (C=O) groups excluding carboxylic acids is 1. The van der Waals surface area contributed by atoms with Gasteiger partial charge in [-0.2, -0.15) is 5.26 Å². The summed E-state index contributed by atoms with van der Waals surface area (Å²) in [7, 11) is 2.77. The molecule has 0 aromatic heterocycles. The van der Waals surface area contributed by atoms with Gasteiger partial charge in [0.05, 0.1) is 14.2 Å². The Bertz CT molecular complexity index is 498. The predicted molar refractivity (Wildman–Crippen MR) is 63.3 cm³/mol. The lowest BCUT2D eigenvalue weighted by Gasteiger charge is -2.06. The van der Waals surface area contributed by atoms with Crippen LogP contribution >= 0.6 is 0 Å². The van der Waals surface area contributed by atoms with Gasteiger partial charge in [0.1, 0.15) is 17.4 Å². The molecule has 0 spiro atoms. The van der Waals surface area contributed by atoms with Gasteiger partial charge in [-0.15, -0.1) is 0 Å². The Balaban J connectivity index is 3.21. The normalized spacial score (nSPS) is 10.6. The molecule has 0 aliphatic rings. The van der Waals surface area contributed by atoms with Crippen LogP contribution in [0.15, 0.2) is 23.8 Å². The van der Waals surface area contributed by atoms with Gasteiger partial charge in [0.25, 0.3) is 0 Å². The van der Waals surface area contributed by atoms with Crippen LogP contribution in [0.1, 0.15) is 11.1 Å². The largest absolute Gasteiger partial charge is 0.496 e. The maximum atomic E-state index is 11.3. The first-order valence-electron chi connectivity index (χ1n) is 4.97. The molecule has 0 unspecified atom stereocenters. The third-order valence-electron chi connectivity index (χ3n) is 2.21. The van der Waals surface area contributed by atoms with Crippen molar-refractivity contribution in [2.45, 2.75) is 6.92 Å². The smallest absolute Gasteiger partial charge is 0.348 e. The second-order valence-electron chi connectivity index (χ2n) is 3.41. The zero-order valence-corrected chi connectivity index (χ0v) is 9.98. The molecule has 4 nitrogen and oxygen atoms in total. The monoisotopic (exact) mass is 231 g/mol. The zero-order chi connectivity index (χ0) is 12.8. The van der Waals surface area contributed by atoms with E-state index in [4.69, 9.17) is 10.00 Å². The molecule has 17 heavy (non-hydrogen) atoms. The fourth-order valence-corrected chi connectivity index (χ4v) is 1.34. The van der Waals surface area contributed by atoms with Crippen LogP contribution in [-0.2, 0) is 9.53 Å². The summed E-state index contributed by atoms with van der Waals surface area (Å²) in [5.74, 6) is -0.0446. The molecule has 0 radical (unpaired) electrons. The van der Waals surface area contributed by atoms with Crippen molar-refractivity contribution in [1.82, 2.24) is 0 Å². The van der Waals surface area contributed by atoms with Gasteiger partial charge in [0.15, 0.2) is 0 Å². The van der Waals surface area contributed by atoms with Crippen molar-refractivity contribution < 1.29 is 14.3 Å². The van der Waals surface area contributed by atoms with E-state index in [1.807, 2.05) is 19.1 Å². The van der Waals surface area contributed by atoms with Gasteiger partial charge in [-0.3, -0.25) is 0 Å². The first-order valence-corrected chi connectivity index (χ1v) is 4.97. The van der Waals surface area contributed by atoms with Gasteiger partial charge in [0.2, 0.25) is 0 Å². The van der Waals surface area contributed by atoms with E-state index in [-0.39, 0.29) is 5.57 Å². The lowest BCUT2D eigenvalue weighted by Crippen LogP contribution is -2.02. The van der Waals surface area contributed by atoms with Gasteiger partial charge in [-0.1, -0.05) is 12.1 Å². The summed E-state index contributed by atoms with van der Waals surface area (Å²) in [6.45, 7) is 1.93. The minimum atomic E-state index is -0.657. The molecular weight excluding hydrogens is 218 g/mol. The molecule has 0 aliphatic heterocycles. The van der Waals surface area contributed by atoms with Crippen molar-refractivity contribution in [2.75, 3.05) is 14.2 Å². The lowest BCUT2D eigenvalue weighted by molar-refractivity contribution is -0.135. The van der Waals surface area contributed by atoms with Crippen LogP contribution in [0.4, 0.5) is 0 Å². The van der Waals surface area contributed by atoms with Crippen molar-refractivity contribution in [3.05, 3.63) is 34.9 Å². The standard InChI is InChI=1S/C13H13NO3/c1-9-4-5-10(12(6-9)16-2)7-11(8-14)13(15)17-3/h4-7H,1-3H3. The Morgan fingerprint density at radius 1 is 1.41 bits per heavy atom. The van der Waals surface area contributed by atoms with Crippen LogP contribution in [0, 0.1) is 18.3 Å². The van der Waals surface area contributed by atoms with Crippen molar-refractivity contribution in [3.63, 3.8) is 0 Å². The number of rotatable bonds is 3. The molecule has 88 valence electrons. The number of carbonyl (C=O) groups is 1. The topological polar surface area (TPSA) is 59.3 Å². The van der Waals surface area contributed by atoms with E-state index >= 15 is 0 Å². The average molecular weight is 231 g/mol. The van der Waals surface area contributed by atoms with Gasteiger partial charge < -0.3 is 9.47 Å². The molecule has 0 bridgehead atoms. The van der Waals surface area contributed by atoms with E-state index in [2.05, 4.69) is 4.74 Å². The van der Waals surface area contributed by atoms with Crippen LogP contribution in [0.3, 0.4) is 0 Å². The number of benzene rings is 1. The first kappa shape index (κ1) is 12.8. The van der Waals surface area contributed by atoms with Gasteiger partial charge in [-0.25, -0.2) is 4.79 Å². The summed E-state index contributed by atoms with van der Waals surface area (Å²) < 4.78 is 9.68. The summed E-state index contributed by atoms with van der Waals surface area (Å²) in [5.41, 5.74) is 1.64. The molecule has 0 amide bonds. The Hall–Kier alpha value is -2.28. The SMILES string of the molecule is COC(=O)C(C#N)=Cc1ccc(C)cc1OC. The number of nitriles is 1. The Morgan fingerprint density at radius 3 is 2.65 bits per heavy atom. The van der Waals surface area contributed by atoms with Crippen LogP contribution < -0.4 is 4.74 Å². The Kier molecular flexibility index (Phi) is 4.29. The Morgan fingerprint density at radius 2 is 2.12 bits per heavy atom. The van der Waals surface area contributed by atoms with Crippen LogP contribution in [0.25, 0.3) is 6.08 Å². The van der Waals surface area contributed by atoms with E-state index < -0.39 is 5.97 Å². The summed E-state index contributed by atoms with van der Waals surface area (Å²) in [6, 6.07) is 7.29. The second-order valence-corrected chi connectivity index (χ2v) is 3.41. The fraction of sp³-hybridized carbons (Fsp3) is 0.231. The summed E-state index contributed by atoms with van der Waals surface area (Å²) in [6.07, 6.45) is 1.45. The Labute approximate surface area is 100 Å². The quantitative estimate of drug-likeness (QED) is 0.454. The van der Waals surface area contributed by atoms with Crippen LogP contribution in [-0.4, -0.2) is 20.2 Å². The fourth-order valence-electron chi connectivity index (χ4n) is 1.34. The summed E-state index contributed by atoms with van der Waals surface area (Å²) >= 11 is 0. The molecule has 0 saturated carbocycles. The highest BCUT2D eigenvalue weighted by Crippen LogP contribution is 2.22. The van der Waals surface area contributed by atoms with Crippen molar-refractivity contribution in [3.8, 4) is 11.8 Å². The molecule has 0 N–H and O–H groups in total. The predicted octanol–water partition coefficient (Wildman–Crippen LogP) is 2.08. The number of ether oxygens (including phenoxy) is 2. The number of aryl methyl sites for hydroxylation is 1. The second kappa shape index (κ2) is 5.71. The van der Waals surface area contributed by atoms with Crippen LogP contribution in [0.2, 0.25) is 0 Å². The third-order valence-corrected chi connectivity index (χ3v) is 2.21. The lowest BCUT2D eigenvalue weighted by atomic mass is 10.1. The highest BCUT2D eigenvalue weighted by Gasteiger charge is 2.10. The average Bonchev–Trinajstić information content (AvgIpc) is 2.36. The van der Waals surface area contributed by atoms with E-state index in [1.54, 1.807) is 12.1 Å². The molecule has 0 fully saturated rings.